The molecule has 1 saturated heterocycles. The molecule has 4 nitrogen and oxygen atoms in total. The maximum absolute atomic E-state index is 12.8. The van der Waals surface area contributed by atoms with Gasteiger partial charge >= 0.3 is 0 Å². The van der Waals surface area contributed by atoms with Gasteiger partial charge in [-0.1, -0.05) is 12.1 Å². The van der Waals surface area contributed by atoms with Crippen molar-refractivity contribution in [1.29, 1.82) is 0 Å². The fourth-order valence-electron chi connectivity index (χ4n) is 2.34. The van der Waals surface area contributed by atoms with Crippen LogP contribution in [0, 0.1) is 5.82 Å². The first-order valence-corrected chi connectivity index (χ1v) is 7.97. The molecule has 0 spiro atoms. The summed E-state index contributed by atoms with van der Waals surface area (Å²) in [6.45, 7) is 2.96. The fourth-order valence-corrected chi connectivity index (χ4v) is 3.03. The molecule has 3 rings (SSSR count). The van der Waals surface area contributed by atoms with Crippen LogP contribution in [0.3, 0.4) is 0 Å². The molecule has 6 heteroatoms. The Morgan fingerprint density at radius 3 is 2.55 bits per heavy atom. The zero-order valence-electron chi connectivity index (χ0n) is 12.0. The van der Waals surface area contributed by atoms with E-state index >= 15 is 0 Å². The van der Waals surface area contributed by atoms with Crippen molar-refractivity contribution in [2.75, 3.05) is 31.1 Å². The van der Waals surface area contributed by atoms with E-state index in [4.69, 9.17) is 0 Å². The summed E-state index contributed by atoms with van der Waals surface area (Å²) in [5, 5.41) is 2.96. The Morgan fingerprint density at radius 1 is 1.18 bits per heavy atom. The monoisotopic (exact) mass is 317 g/mol. The van der Waals surface area contributed by atoms with Crippen LogP contribution in [0.2, 0.25) is 0 Å². The van der Waals surface area contributed by atoms with Gasteiger partial charge in [0, 0.05) is 43.8 Å². The molecular formula is C16H16FN3OS. The minimum atomic E-state index is -0.276. The van der Waals surface area contributed by atoms with E-state index in [0.717, 1.165) is 23.8 Å². The second kappa shape index (κ2) is 6.70. The number of anilines is 1. The summed E-state index contributed by atoms with van der Waals surface area (Å²) in [5.41, 5.74) is 0.816. The number of thiazole rings is 1. The van der Waals surface area contributed by atoms with Crippen LogP contribution in [0.5, 0.6) is 0 Å². The SMILES string of the molecule is O=C(/C=C/c1ccc(F)cc1)N1CCN(c2nccs2)CC1. The highest BCUT2D eigenvalue weighted by molar-refractivity contribution is 7.13. The molecule has 0 atom stereocenters. The van der Waals surface area contributed by atoms with Crippen LogP contribution in [0.1, 0.15) is 5.56 Å². The largest absolute Gasteiger partial charge is 0.345 e. The van der Waals surface area contributed by atoms with Crippen LogP contribution in [0.4, 0.5) is 9.52 Å². The molecule has 114 valence electrons. The number of piperazine rings is 1. The molecule has 0 unspecified atom stereocenters. The first-order chi connectivity index (χ1) is 10.7. The Labute approximate surface area is 132 Å². The van der Waals surface area contributed by atoms with Crippen LogP contribution in [-0.4, -0.2) is 42.0 Å². The number of nitrogens with zero attached hydrogens (tertiary/aromatic N) is 3. The number of aromatic nitrogens is 1. The minimum Gasteiger partial charge on any atom is -0.345 e. The van der Waals surface area contributed by atoms with Gasteiger partial charge in [-0.05, 0) is 23.8 Å². The third kappa shape index (κ3) is 3.51. The number of carbonyl (C=O) groups is 1. The molecule has 2 aromatic rings. The van der Waals surface area contributed by atoms with E-state index in [-0.39, 0.29) is 11.7 Å². The molecule has 22 heavy (non-hydrogen) atoms. The van der Waals surface area contributed by atoms with Crippen LogP contribution in [-0.2, 0) is 4.79 Å². The molecule has 0 aliphatic carbocycles. The van der Waals surface area contributed by atoms with E-state index < -0.39 is 0 Å². The van der Waals surface area contributed by atoms with Gasteiger partial charge in [-0.3, -0.25) is 4.79 Å². The summed E-state index contributed by atoms with van der Waals surface area (Å²) in [5.74, 6) is -0.287. The lowest BCUT2D eigenvalue weighted by Gasteiger charge is -2.34. The molecule has 0 radical (unpaired) electrons. The number of hydrogen-bond donors (Lipinski definition) is 0. The number of carbonyl (C=O) groups excluding carboxylic acids is 1. The van der Waals surface area contributed by atoms with Crippen molar-refractivity contribution >= 4 is 28.5 Å². The second-order valence-corrected chi connectivity index (χ2v) is 5.88. The number of hydrogen-bond acceptors (Lipinski definition) is 4. The maximum atomic E-state index is 12.8. The van der Waals surface area contributed by atoms with Gasteiger partial charge in [0.1, 0.15) is 5.82 Å². The highest BCUT2D eigenvalue weighted by Crippen LogP contribution is 2.19. The van der Waals surface area contributed by atoms with Crippen LogP contribution < -0.4 is 4.90 Å². The summed E-state index contributed by atoms with van der Waals surface area (Å²) in [4.78, 5) is 20.5. The number of rotatable bonds is 3. The normalized spacial score (nSPS) is 15.5. The van der Waals surface area contributed by atoms with Gasteiger partial charge in [-0.25, -0.2) is 9.37 Å². The maximum Gasteiger partial charge on any atom is 0.246 e. The van der Waals surface area contributed by atoms with Crippen LogP contribution in [0.25, 0.3) is 6.08 Å². The van der Waals surface area contributed by atoms with Crippen molar-refractivity contribution in [1.82, 2.24) is 9.88 Å². The van der Waals surface area contributed by atoms with Crippen molar-refractivity contribution in [2.24, 2.45) is 0 Å². The molecular weight excluding hydrogens is 301 g/mol. The highest BCUT2D eigenvalue weighted by Gasteiger charge is 2.20. The van der Waals surface area contributed by atoms with E-state index in [1.165, 1.54) is 12.1 Å². The molecule has 1 fully saturated rings. The molecule has 0 saturated carbocycles. The third-order valence-corrected chi connectivity index (χ3v) is 4.40. The lowest BCUT2D eigenvalue weighted by molar-refractivity contribution is -0.126. The Kier molecular flexibility index (Phi) is 4.48. The summed E-state index contributed by atoms with van der Waals surface area (Å²) in [6.07, 6.45) is 5.06. The third-order valence-electron chi connectivity index (χ3n) is 3.57. The topological polar surface area (TPSA) is 36.4 Å². The average Bonchev–Trinajstić information content (AvgIpc) is 3.09. The predicted octanol–water partition coefficient (Wildman–Crippen LogP) is 2.64. The quantitative estimate of drug-likeness (QED) is 0.817. The van der Waals surface area contributed by atoms with Crippen molar-refractivity contribution in [3.05, 3.63) is 53.3 Å². The summed E-state index contributed by atoms with van der Waals surface area (Å²) in [7, 11) is 0. The van der Waals surface area contributed by atoms with E-state index in [9.17, 15) is 9.18 Å². The minimum absolute atomic E-state index is 0.0110. The Hall–Kier alpha value is -2.21. The molecule has 0 N–H and O–H groups in total. The van der Waals surface area contributed by atoms with Gasteiger partial charge in [-0.2, -0.15) is 0 Å². The van der Waals surface area contributed by atoms with Crippen molar-refractivity contribution in [2.45, 2.75) is 0 Å². The van der Waals surface area contributed by atoms with Gasteiger partial charge in [-0.15, -0.1) is 11.3 Å². The molecule has 1 aromatic carbocycles. The average molecular weight is 317 g/mol. The summed E-state index contributed by atoms with van der Waals surface area (Å²) in [6, 6.07) is 6.08. The smallest absolute Gasteiger partial charge is 0.246 e. The van der Waals surface area contributed by atoms with Gasteiger partial charge in [0.05, 0.1) is 0 Å². The standard InChI is InChI=1S/C16H16FN3OS/c17-14-4-1-13(2-5-14)3-6-15(21)19-8-10-20(11-9-19)16-18-7-12-22-16/h1-7,12H,8-11H2/b6-3+. The zero-order chi connectivity index (χ0) is 15.4. The van der Waals surface area contributed by atoms with E-state index in [1.807, 2.05) is 10.3 Å². The molecule has 1 aliphatic heterocycles. The summed E-state index contributed by atoms with van der Waals surface area (Å²) < 4.78 is 12.8. The van der Waals surface area contributed by atoms with Crippen molar-refractivity contribution in [3.63, 3.8) is 0 Å². The molecule has 2 heterocycles. The number of halogens is 1. The van der Waals surface area contributed by atoms with Gasteiger partial charge in [0.2, 0.25) is 5.91 Å². The number of amides is 1. The van der Waals surface area contributed by atoms with Crippen LogP contribution >= 0.6 is 11.3 Å². The molecule has 1 aliphatic rings. The fraction of sp³-hybridized carbons (Fsp3) is 0.250. The van der Waals surface area contributed by atoms with Crippen molar-refractivity contribution in [3.8, 4) is 0 Å². The Bertz CT molecular complexity index is 647. The van der Waals surface area contributed by atoms with Gasteiger partial charge in [0.15, 0.2) is 5.13 Å². The van der Waals surface area contributed by atoms with E-state index in [0.29, 0.717) is 13.1 Å². The highest BCUT2D eigenvalue weighted by atomic mass is 32.1. The van der Waals surface area contributed by atoms with E-state index in [1.54, 1.807) is 41.8 Å². The molecule has 1 amide bonds. The second-order valence-electron chi connectivity index (χ2n) is 5.01. The van der Waals surface area contributed by atoms with Crippen molar-refractivity contribution < 1.29 is 9.18 Å². The lowest BCUT2D eigenvalue weighted by atomic mass is 10.2. The zero-order valence-corrected chi connectivity index (χ0v) is 12.8. The lowest BCUT2D eigenvalue weighted by Crippen LogP contribution is -2.48. The number of benzene rings is 1. The Morgan fingerprint density at radius 2 is 1.91 bits per heavy atom. The predicted molar refractivity (Wildman–Crippen MR) is 86.3 cm³/mol. The summed E-state index contributed by atoms with van der Waals surface area (Å²) >= 11 is 1.61. The van der Waals surface area contributed by atoms with Gasteiger partial charge in [0.25, 0.3) is 0 Å². The molecule has 1 aromatic heterocycles. The van der Waals surface area contributed by atoms with Gasteiger partial charge < -0.3 is 9.80 Å². The first kappa shape index (κ1) is 14.7. The van der Waals surface area contributed by atoms with E-state index in [2.05, 4.69) is 9.88 Å². The molecule has 0 bridgehead atoms. The Balaban J connectivity index is 1.54. The first-order valence-electron chi connectivity index (χ1n) is 7.09. The van der Waals surface area contributed by atoms with Crippen LogP contribution in [0.15, 0.2) is 41.9 Å².